The Labute approximate surface area is 127 Å². The van der Waals surface area contributed by atoms with Gasteiger partial charge in [0.05, 0.1) is 0 Å². The lowest BCUT2D eigenvalue weighted by Crippen LogP contribution is -2.43. The Hall–Kier alpha value is -1.35. The van der Waals surface area contributed by atoms with Gasteiger partial charge in [-0.3, -0.25) is 4.79 Å². The summed E-state index contributed by atoms with van der Waals surface area (Å²) in [6, 6.07) is 6.82. The lowest BCUT2D eigenvalue weighted by molar-refractivity contribution is 0.0673. The van der Waals surface area contributed by atoms with Crippen molar-refractivity contribution in [2.75, 3.05) is 19.6 Å². The Kier molecular flexibility index (Phi) is 4.29. The van der Waals surface area contributed by atoms with Gasteiger partial charge in [0.2, 0.25) is 0 Å². The quantitative estimate of drug-likeness (QED) is 0.906. The minimum Gasteiger partial charge on any atom is -0.339 e. The number of piperidine rings is 1. The average Bonchev–Trinajstić information content (AvgIpc) is 3.01. The number of nitrogens with one attached hydrogen (secondary N) is 1. The number of nitrogens with zero attached hydrogens (tertiary/aromatic N) is 1. The number of amides is 1. The van der Waals surface area contributed by atoms with Crippen molar-refractivity contribution < 1.29 is 4.79 Å². The van der Waals surface area contributed by atoms with Crippen LogP contribution < -0.4 is 5.32 Å². The monoisotopic (exact) mass is 286 g/mol. The van der Waals surface area contributed by atoms with E-state index in [1.807, 2.05) is 24.0 Å². The molecule has 3 rings (SSSR count). The van der Waals surface area contributed by atoms with Crippen molar-refractivity contribution in [2.24, 2.45) is 5.92 Å². The molecule has 1 amide bonds. The summed E-state index contributed by atoms with van der Waals surface area (Å²) in [7, 11) is 0. The summed E-state index contributed by atoms with van der Waals surface area (Å²) in [4.78, 5) is 14.7. The predicted octanol–water partition coefficient (Wildman–Crippen LogP) is 2.91. The van der Waals surface area contributed by atoms with Crippen LogP contribution in [0.5, 0.6) is 0 Å². The van der Waals surface area contributed by atoms with E-state index in [0.717, 1.165) is 43.0 Å². The molecule has 1 aromatic rings. The van der Waals surface area contributed by atoms with E-state index in [0.29, 0.717) is 6.04 Å². The highest BCUT2D eigenvalue weighted by Gasteiger charge is 2.30. The molecule has 2 heterocycles. The lowest BCUT2D eigenvalue weighted by atomic mass is 9.88. The fourth-order valence-corrected chi connectivity index (χ4v) is 3.84. The summed E-state index contributed by atoms with van der Waals surface area (Å²) >= 11 is 0. The van der Waals surface area contributed by atoms with E-state index in [2.05, 4.69) is 18.3 Å². The van der Waals surface area contributed by atoms with Gasteiger partial charge in [0.1, 0.15) is 0 Å². The van der Waals surface area contributed by atoms with E-state index >= 15 is 0 Å². The molecular formula is C18H26N2O. The largest absolute Gasteiger partial charge is 0.339 e. The molecule has 1 unspecified atom stereocenters. The van der Waals surface area contributed by atoms with Crippen molar-refractivity contribution in [3.05, 3.63) is 34.9 Å². The van der Waals surface area contributed by atoms with E-state index in [1.165, 1.54) is 24.9 Å². The smallest absolute Gasteiger partial charge is 0.254 e. The molecule has 1 aromatic carbocycles. The molecular weight excluding hydrogens is 260 g/mol. The molecule has 2 aliphatic rings. The van der Waals surface area contributed by atoms with Gasteiger partial charge in [-0.1, -0.05) is 17.7 Å². The highest BCUT2D eigenvalue weighted by atomic mass is 16.2. The molecule has 21 heavy (non-hydrogen) atoms. The van der Waals surface area contributed by atoms with E-state index in [-0.39, 0.29) is 5.91 Å². The zero-order valence-corrected chi connectivity index (χ0v) is 13.2. The summed E-state index contributed by atoms with van der Waals surface area (Å²) in [6.07, 6.45) is 4.92. The van der Waals surface area contributed by atoms with Crippen LogP contribution in [-0.2, 0) is 0 Å². The number of benzene rings is 1. The first-order valence-electron chi connectivity index (χ1n) is 8.25. The molecule has 2 saturated heterocycles. The van der Waals surface area contributed by atoms with Gasteiger partial charge in [-0.15, -0.1) is 0 Å². The number of rotatable bonds is 2. The van der Waals surface area contributed by atoms with Crippen molar-refractivity contribution in [1.82, 2.24) is 10.2 Å². The Morgan fingerprint density at radius 2 is 1.95 bits per heavy atom. The second kappa shape index (κ2) is 6.18. The van der Waals surface area contributed by atoms with Gasteiger partial charge in [0.15, 0.2) is 0 Å². The normalized spacial score (nSPS) is 23.5. The number of hydrogen-bond donors (Lipinski definition) is 1. The standard InChI is InChI=1S/C18H26N2O/c1-13-5-6-16(14(2)12-13)18(21)20-10-7-15(8-11-20)17-4-3-9-19-17/h5-6,12,15,17,19H,3-4,7-11H2,1-2H3. The van der Waals surface area contributed by atoms with Crippen molar-refractivity contribution in [3.8, 4) is 0 Å². The summed E-state index contributed by atoms with van der Waals surface area (Å²) in [5.74, 6) is 0.973. The number of hydrogen-bond acceptors (Lipinski definition) is 2. The fraction of sp³-hybridized carbons (Fsp3) is 0.611. The third-order valence-corrected chi connectivity index (χ3v) is 5.11. The van der Waals surface area contributed by atoms with Crippen LogP contribution in [0, 0.1) is 19.8 Å². The molecule has 0 spiro atoms. The number of carbonyl (C=O) groups excluding carboxylic acids is 1. The summed E-state index contributed by atoms with van der Waals surface area (Å²) in [6.45, 7) is 7.10. The van der Waals surface area contributed by atoms with Gasteiger partial charge >= 0.3 is 0 Å². The number of carbonyl (C=O) groups is 1. The molecule has 0 saturated carbocycles. The van der Waals surface area contributed by atoms with Gasteiger partial charge in [0.25, 0.3) is 5.91 Å². The first-order chi connectivity index (χ1) is 10.1. The third-order valence-electron chi connectivity index (χ3n) is 5.11. The molecule has 3 heteroatoms. The number of likely N-dealkylation sites (tertiary alicyclic amines) is 1. The maximum absolute atomic E-state index is 12.7. The highest BCUT2D eigenvalue weighted by Crippen LogP contribution is 2.26. The van der Waals surface area contributed by atoms with Crippen LogP contribution in [0.3, 0.4) is 0 Å². The van der Waals surface area contributed by atoms with Crippen molar-refractivity contribution in [1.29, 1.82) is 0 Å². The van der Waals surface area contributed by atoms with Crippen LogP contribution in [-0.4, -0.2) is 36.5 Å². The van der Waals surface area contributed by atoms with Crippen LogP contribution >= 0.6 is 0 Å². The van der Waals surface area contributed by atoms with Crippen molar-refractivity contribution in [2.45, 2.75) is 45.6 Å². The lowest BCUT2D eigenvalue weighted by Gasteiger charge is -2.35. The first kappa shape index (κ1) is 14.6. The van der Waals surface area contributed by atoms with Crippen LogP contribution in [0.1, 0.15) is 47.2 Å². The SMILES string of the molecule is Cc1ccc(C(=O)N2CCC(C3CCCN3)CC2)c(C)c1. The maximum atomic E-state index is 12.7. The molecule has 114 valence electrons. The summed E-state index contributed by atoms with van der Waals surface area (Å²) in [5, 5.41) is 3.61. The van der Waals surface area contributed by atoms with Crippen molar-refractivity contribution >= 4 is 5.91 Å². The van der Waals surface area contributed by atoms with Gasteiger partial charge in [-0.25, -0.2) is 0 Å². The second-order valence-electron chi connectivity index (χ2n) is 6.65. The van der Waals surface area contributed by atoms with Gasteiger partial charge in [0, 0.05) is 24.7 Å². The zero-order chi connectivity index (χ0) is 14.8. The van der Waals surface area contributed by atoms with E-state index < -0.39 is 0 Å². The Morgan fingerprint density at radius 1 is 1.19 bits per heavy atom. The Morgan fingerprint density at radius 3 is 2.57 bits per heavy atom. The topological polar surface area (TPSA) is 32.3 Å². The number of aryl methyl sites for hydroxylation is 2. The molecule has 2 fully saturated rings. The second-order valence-corrected chi connectivity index (χ2v) is 6.65. The molecule has 2 aliphatic heterocycles. The zero-order valence-electron chi connectivity index (χ0n) is 13.2. The van der Waals surface area contributed by atoms with Crippen LogP contribution in [0.25, 0.3) is 0 Å². The molecule has 0 bridgehead atoms. The van der Waals surface area contributed by atoms with E-state index in [1.54, 1.807) is 0 Å². The highest BCUT2D eigenvalue weighted by molar-refractivity contribution is 5.95. The van der Waals surface area contributed by atoms with E-state index in [4.69, 9.17) is 0 Å². The van der Waals surface area contributed by atoms with Gasteiger partial charge in [-0.05, 0) is 63.6 Å². The molecule has 0 aliphatic carbocycles. The maximum Gasteiger partial charge on any atom is 0.254 e. The molecule has 0 radical (unpaired) electrons. The fourth-order valence-electron chi connectivity index (χ4n) is 3.84. The molecule has 1 atom stereocenters. The van der Waals surface area contributed by atoms with E-state index in [9.17, 15) is 4.79 Å². The molecule has 1 N–H and O–H groups in total. The van der Waals surface area contributed by atoms with Crippen LogP contribution in [0.2, 0.25) is 0 Å². The first-order valence-corrected chi connectivity index (χ1v) is 8.25. The summed E-state index contributed by atoms with van der Waals surface area (Å²) in [5.41, 5.74) is 3.19. The molecule has 3 nitrogen and oxygen atoms in total. The minimum absolute atomic E-state index is 0.213. The third kappa shape index (κ3) is 3.13. The van der Waals surface area contributed by atoms with Crippen molar-refractivity contribution in [3.63, 3.8) is 0 Å². The van der Waals surface area contributed by atoms with Gasteiger partial charge < -0.3 is 10.2 Å². The van der Waals surface area contributed by atoms with Gasteiger partial charge in [-0.2, -0.15) is 0 Å². The minimum atomic E-state index is 0.213. The van der Waals surface area contributed by atoms with Crippen LogP contribution in [0.4, 0.5) is 0 Å². The average molecular weight is 286 g/mol. The summed E-state index contributed by atoms with van der Waals surface area (Å²) < 4.78 is 0. The van der Waals surface area contributed by atoms with Crippen LogP contribution in [0.15, 0.2) is 18.2 Å². The Balaban J connectivity index is 1.62. The Bertz CT molecular complexity index is 512. The molecule has 0 aromatic heterocycles. The predicted molar refractivity (Wildman–Crippen MR) is 85.6 cm³/mol.